The van der Waals surface area contributed by atoms with E-state index in [9.17, 15) is 0 Å². The maximum atomic E-state index is 5.59. The molecule has 0 unspecified atom stereocenters. The van der Waals surface area contributed by atoms with Gasteiger partial charge in [0.15, 0.2) is 0 Å². The standard InChI is InChI=1S/C10H13BrN2O/c11-9-5-10(13-7-12-9)14-6-8-3-1-2-4-8/h5,7-8H,1-4,6H2. The van der Waals surface area contributed by atoms with E-state index in [4.69, 9.17) is 4.74 Å². The molecular formula is C10H13BrN2O. The van der Waals surface area contributed by atoms with Crippen molar-refractivity contribution >= 4 is 15.9 Å². The molecule has 3 nitrogen and oxygen atoms in total. The molecule has 1 fully saturated rings. The van der Waals surface area contributed by atoms with Gasteiger partial charge < -0.3 is 4.74 Å². The summed E-state index contributed by atoms with van der Waals surface area (Å²) in [6, 6.07) is 1.80. The molecule has 14 heavy (non-hydrogen) atoms. The summed E-state index contributed by atoms with van der Waals surface area (Å²) < 4.78 is 6.36. The van der Waals surface area contributed by atoms with E-state index in [1.807, 2.05) is 0 Å². The quantitative estimate of drug-likeness (QED) is 0.781. The van der Waals surface area contributed by atoms with Gasteiger partial charge in [-0.25, -0.2) is 9.97 Å². The Morgan fingerprint density at radius 1 is 1.36 bits per heavy atom. The Balaban J connectivity index is 1.85. The van der Waals surface area contributed by atoms with Crippen LogP contribution >= 0.6 is 15.9 Å². The van der Waals surface area contributed by atoms with Crippen molar-refractivity contribution < 1.29 is 4.74 Å². The first-order valence-electron chi connectivity index (χ1n) is 4.95. The van der Waals surface area contributed by atoms with Gasteiger partial charge in [-0.15, -0.1) is 0 Å². The Morgan fingerprint density at radius 2 is 2.14 bits per heavy atom. The molecule has 1 heterocycles. The maximum absolute atomic E-state index is 5.59. The predicted octanol–water partition coefficient (Wildman–Crippen LogP) is 2.81. The van der Waals surface area contributed by atoms with Gasteiger partial charge in [0.1, 0.15) is 10.9 Å². The number of hydrogen-bond donors (Lipinski definition) is 0. The predicted molar refractivity (Wildman–Crippen MR) is 57.2 cm³/mol. The number of aromatic nitrogens is 2. The van der Waals surface area contributed by atoms with Gasteiger partial charge in [0, 0.05) is 6.07 Å². The van der Waals surface area contributed by atoms with Crippen molar-refractivity contribution in [3.63, 3.8) is 0 Å². The van der Waals surface area contributed by atoms with Crippen molar-refractivity contribution in [3.05, 3.63) is 17.0 Å². The van der Waals surface area contributed by atoms with E-state index in [-0.39, 0.29) is 0 Å². The zero-order chi connectivity index (χ0) is 9.80. The van der Waals surface area contributed by atoms with E-state index in [1.165, 1.54) is 32.0 Å². The molecule has 0 radical (unpaired) electrons. The maximum Gasteiger partial charge on any atom is 0.217 e. The van der Waals surface area contributed by atoms with E-state index in [2.05, 4.69) is 25.9 Å². The molecule has 4 heteroatoms. The summed E-state index contributed by atoms with van der Waals surface area (Å²) in [5.74, 6) is 1.39. The number of hydrogen-bond acceptors (Lipinski definition) is 3. The van der Waals surface area contributed by atoms with Crippen molar-refractivity contribution in [2.24, 2.45) is 5.92 Å². The van der Waals surface area contributed by atoms with Crippen molar-refractivity contribution in [2.45, 2.75) is 25.7 Å². The van der Waals surface area contributed by atoms with Crippen LogP contribution in [0.5, 0.6) is 5.88 Å². The van der Waals surface area contributed by atoms with Gasteiger partial charge in [-0.05, 0) is 34.7 Å². The van der Waals surface area contributed by atoms with Gasteiger partial charge in [-0.1, -0.05) is 12.8 Å². The lowest BCUT2D eigenvalue weighted by molar-refractivity contribution is 0.243. The summed E-state index contributed by atoms with van der Waals surface area (Å²) in [4.78, 5) is 7.98. The highest BCUT2D eigenvalue weighted by atomic mass is 79.9. The molecule has 1 aliphatic rings. The molecule has 2 rings (SSSR count). The van der Waals surface area contributed by atoms with Gasteiger partial charge >= 0.3 is 0 Å². The molecule has 0 atom stereocenters. The molecule has 0 bridgehead atoms. The lowest BCUT2D eigenvalue weighted by atomic mass is 10.1. The third-order valence-electron chi connectivity index (χ3n) is 2.55. The second-order valence-electron chi connectivity index (χ2n) is 3.64. The Kier molecular flexibility index (Phi) is 3.35. The van der Waals surface area contributed by atoms with Crippen LogP contribution in [0.15, 0.2) is 17.0 Å². The fourth-order valence-electron chi connectivity index (χ4n) is 1.78. The summed E-state index contributed by atoms with van der Waals surface area (Å²) in [6.45, 7) is 0.795. The number of ether oxygens (including phenoxy) is 1. The minimum Gasteiger partial charge on any atom is -0.477 e. The Bertz CT molecular complexity index is 300. The summed E-state index contributed by atoms with van der Waals surface area (Å²) in [7, 11) is 0. The van der Waals surface area contributed by atoms with Gasteiger partial charge in [0.05, 0.1) is 6.61 Å². The first kappa shape index (κ1) is 9.90. The summed E-state index contributed by atoms with van der Waals surface area (Å²) >= 11 is 3.28. The van der Waals surface area contributed by atoms with Crippen LogP contribution in [0.3, 0.4) is 0 Å². The summed E-state index contributed by atoms with van der Waals surface area (Å²) in [6.07, 6.45) is 6.80. The van der Waals surface area contributed by atoms with Gasteiger partial charge in [-0.2, -0.15) is 0 Å². The topological polar surface area (TPSA) is 35.0 Å². The molecule has 1 aliphatic carbocycles. The molecular weight excluding hydrogens is 244 g/mol. The van der Waals surface area contributed by atoms with Crippen molar-refractivity contribution in [2.75, 3.05) is 6.61 Å². The summed E-state index contributed by atoms with van der Waals surface area (Å²) in [5, 5.41) is 0. The fraction of sp³-hybridized carbons (Fsp3) is 0.600. The van der Waals surface area contributed by atoms with Gasteiger partial charge in [0.2, 0.25) is 5.88 Å². The minimum absolute atomic E-state index is 0.666. The molecule has 1 saturated carbocycles. The first-order chi connectivity index (χ1) is 6.84. The Morgan fingerprint density at radius 3 is 2.86 bits per heavy atom. The van der Waals surface area contributed by atoms with Crippen LogP contribution in [0.4, 0.5) is 0 Å². The molecule has 0 saturated heterocycles. The Hall–Kier alpha value is -0.640. The van der Waals surface area contributed by atoms with E-state index in [0.717, 1.165) is 17.1 Å². The lowest BCUT2D eigenvalue weighted by Gasteiger charge is -2.09. The van der Waals surface area contributed by atoms with Crippen LogP contribution in [0.1, 0.15) is 25.7 Å². The molecule has 0 spiro atoms. The molecule has 0 amide bonds. The highest BCUT2D eigenvalue weighted by Gasteiger charge is 2.15. The average molecular weight is 257 g/mol. The summed E-state index contributed by atoms with van der Waals surface area (Å²) in [5.41, 5.74) is 0. The second kappa shape index (κ2) is 4.73. The zero-order valence-electron chi connectivity index (χ0n) is 7.95. The molecule has 0 aromatic carbocycles. The van der Waals surface area contributed by atoms with Crippen LogP contribution in [0.2, 0.25) is 0 Å². The third kappa shape index (κ3) is 2.67. The number of nitrogens with zero attached hydrogens (tertiary/aromatic N) is 2. The SMILES string of the molecule is Brc1cc(OCC2CCCC2)ncn1. The second-order valence-corrected chi connectivity index (χ2v) is 4.45. The monoisotopic (exact) mass is 256 g/mol. The fourth-order valence-corrected chi connectivity index (χ4v) is 2.06. The lowest BCUT2D eigenvalue weighted by Crippen LogP contribution is -2.08. The highest BCUT2D eigenvalue weighted by molar-refractivity contribution is 9.10. The minimum atomic E-state index is 0.666. The van der Waals surface area contributed by atoms with Crippen LogP contribution in [-0.4, -0.2) is 16.6 Å². The smallest absolute Gasteiger partial charge is 0.217 e. The highest BCUT2D eigenvalue weighted by Crippen LogP contribution is 2.25. The van der Waals surface area contributed by atoms with Crippen molar-refractivity contribution in [3.8, 4) is 5.88 Å². The normalized spacial score (nSPS) is 17.2. The van der Waals surface area contributed by atoms with Crippen LogP contribution < -0.4 is 4.74 Å². The molecule has 1 aromatic rings. The largest absolute Gasteiger partial charge is 0.477 e. The van der Waals surface area contributed by atoms with Gasteiger partial charge in [0.25, 0.3) is 0 Å². The van der Waals surface area contributed by atoms with Gasteiger partial charge in [-0.3, -0.25) is 0 Å². The average Bonchev–Trinajstić information content (AvgIpc) is 2.67. The van der Waals surface area contributed by atoms with E-state index in [0.29, 0.717) is 5.88 Å². The zero-order valence-corrected chi connectivity index (χ0v) is 9.53. The first-order valence-corrected chi connectivity index (χ1v) is 5.74. The van der Waals surface area contributed by atoms with Crippen LogP contribution in [0, 0.1) is 5.92 Å². The number of halogens is 1. The molecule has 76 valence electrons. The molecule has 0 N–H and O–H groups in total. The van der Waals surface area contributed by atoms with Crippen molar-refractivity contribution in [1.29, 1.82) is 0 Å². The molecule has 0 aliphatic heterocycles. The van der Waals surface area contributed by atoms with Crippen LogP contribution in [-0.2, 0) is 0 Å². The van der Waals surface area contributed by atoms with Crippen LogP contribution in [0.25, 0.3) is 0 Å². The van der Waals surface area contributed by atoms with Crippen molar-refractivity contribution in [1.82, 2.24) is 9.97 Å². The number of rotatable bonds is 3. The van der Waals surface area contributed by atoms with E-state index >= 15 is 0 Å². The third-order valence-corrected chi connectivity index (χ3v) is 2.98. The Labute approximate surface area is 92.0 Å². The molecule has 1 aromatic heterocycles. The van der Waals surface area contributed by atoms with E-state index < -0.39 is 0 Å². The van der Waals surface area contributed by atoms with E-state index in [1.54, 1.807) is 6.07 Å².